The quantitative estimate of drug-likeness (QED) is 0.617. The number of fused-ring (bicyclic) bond motifs is 1. The molecule has 0 saturated heterocycles. The highest BCUT2D eigenvalue weighted by Crippen LogP contribution is 2.43. The van der Waals surface area contributed by atoms with Crippen LogP contribution in [-0.4, -0.2) is 28.2 Å². The topological polar surface area (TPSA) is 88.6 Å². The van der Waals surface area contributed by atoms with Crippen molar-refractivity contribution >= 4 is 17.3 Å². The van der Waals surface area contributed by atoms with E-state index in [1.54, 1.807) is 58.3 Å². The fourth-order valence-corrected chi connectivity index (χ4v) is 3.58. The molecule has 0 aliphatic rings. The van der Waals surface area contributed by atoms with Gasteiger partial charge in [-0.1, -0.05) is 0 Å². The zero-order valence-corrected chi connectivity index (χ0v) is 18.7. The van der Waals surface area contributed by atoms with E-state index in [4.69, 9.17) is 9.47 Å². The van der Waals surface area contributed by atoms with E-state index < -0.39 is 17.5 Å². The van der Waals surface area contributed by atoms with Crippen LogP contribution in [0.3, 0.4) is 0 Å². The average molecular weight is 424 g/mol. The van der Waals surface area contributed by atoms with Gasteiger partial charge in [-0.05, 0) is 58.2 Å². The largest absolute Gasteiger partial charge is 0.496 e. The van der Waals surface area contributed by atoms with Crippen molar-refractivity contribution < 1.29 is 18.7 Å². The van der Waals surface area contributed by atoms with E-state index in [2.05, 4.69) is 16.4 Å². The van der Waals surface area contributed by atoms with Crippen LogP contribution in [0.15, 0.2) is 18.5 Å². The Bertz CT molecular complexity index is 1230. The first-order valence-electron chi connectivity index (χ1n) is 9.73. The zero-order chi connectivity index (χ0) is 23.1. The number of halogens is 1. The average Bonchev–Trinajstić information content (AvgIpc) is 2.95. The van der Waals surface area contributed by atoms with Gasteiger partial charge in [0, 0.05) is 17.8 Å². The molecule has 0 bridgehead atoms. The van der Waals surface area contributed by atoms with Gasteiger partial charge in [0.05, 0.1) is 30.2 Å². The number of benzene rings is 1. The number of nitrogens with one attached hydrogen (secondary N) is 1. The van der Waals surface area contributed by atoms with Crippen LogP contribution in [-0.2, 0) is 4.74 Å². The normalized spacial score (nSPS) is 11.3. The van der Waals surface area contributed by atoms with Crippen molar-refractivity contribution in [3.05, 3.63) is 46.8 Å². The number of nitriles is 1. The molecular weight excluding hydrogens is 399 g/mol. The summed E-state index contributed by atoms with van der Waals surface area (Å²) in [6.45, 7) is 10.5. The Morgan fingerprint density at radius 1 is 1.23 bits per heavy atom. The van der Waals surface area contributed by atoms with Crippen LogP contribution in [0.2, 0.25) is 0 Å². The molecule has 0 fully saturated rings. The Morgan fingerprint density at radius 3 is 2.48 bits per heavy atom. The molecule has 0 spiro atoms. The maximum absolute atomic E-state index is 14.8. The van der Waals surface area contributed by atoms with E-state index in [1.807, 2.05) is 0 Å². The Kier molecular flexibility index (Phi) is 5.64. The van der Waals surface area contributed by atoms with E-state index in [0.29, 0.717) is 39.2 Å². The lowest BCUT2D eigenvalue weighted by Crippen LogP contribution is -2.27. The third kappa shape index (κ3) is 4.04. The second-order valence-electron chi connectivity index (χ2n) is 8.31. The third-order valence-corrected chi connectivity index (χ3v) is 4.89. The lowest BCUT2D eigenvalue weighted by molar-refractivity contribution is 0.0636. The SMILES string of the molecule is COc1cc(F)c(C)c(-c2c(NC(=O)OC(C)(C)C)c(C#N)n3cc(C)ncc23)c1C. The molecule has 1 aromatic carbocycles. The second kappa shape index (κ2) is 7.91. The maximum atomic E-state index is 14.8. The van der Waals surface area contributed by atoms with Gasteiger partial charge >= 0.3 is 6.09 Å². The number of ether oxygens (including phenoxy) is 2. The van der Waals surface area contributed by atoms with Gasteiger partial charge in [-0.3, -0.25) is 10.3 Å². The van der Waals surface area contributed by atoms with Gasteiger partial charge in [-0.2, -0.15) is 5.26 Å². The standard InChI is InChI=1S/C23H25FN4O3/c1-12-11-28-16(9-25)21(27-22(29)31-23(4,5)6)20(17(28)10-26-12)19-13(2)15(24)8-18(30-7)14(19)3/h8,10-11H,1-7H3,(H,27,29). The van der Waals surface area contributed by atoms with Crippen molar-refractivity contribution in [3.8, 4) is 22.9 Å². The molecule has 7 nitrogen and oxygen atoms in total. The summed E-state index contributed by atoms with van der Waals surface area (Å²) in [5.41, 5.74) is 2.94. The van der Waals surface area contributed by atoms with Crippen molar-refractivity contribution in [1.82, 2.24) is 9.38 Å². The van der Waals surface area contributed by atoms with Crippen LogP contribution in [0.4, 0.5) is 14.9 Å². The van der Waals surface area contributed by atoms with E-state index in [9.17, 15) is 14.4 Å². The number of hydrogen-bond donors (Lipinski definition) is 1. The molecule has 0 aliphatic heterocycles. The van der Waals surface area contributed by atoms with Gasteiger partial charge in [0.25, 0.3) is 0 Å². The zero-order valence-electron chi connectivity index (χ0n) is 18.7. The van der Waals surface area contributed by atoms with Crippen molar-refractivity contribution in [1.29, 1.82) is 5.26 Å². The number of nitrogens with zero attached hydrogens (tertiary/aromatic N) is 3. The summed E-state index contributed by atoms with van der Waals surface area (Å²) < 4.78 is 27.2. The minimum Gasteiger partial charge on any atom is -0.496 e. The summed E-state index contributed by atoms with van der Waals surface area (Å²) in [4.78, 5) is 17.0. The summed E-state index contributed by atoms with van der Waals surface area (Å²) in [5.74, 6) is -0.0992. The Morgan fingerprint density at radius 2 is 1.90 bits per heavy atom. The predicted octanol–water partition coefficient (Wildman–Crippen LogP) is 5.29. The first kappa shape index (κ1) is 22.1. The number of carbonyl (C=O) groups is 1. The summed E-state index contributed by atoms with van der Waals surface area (Å²) >= 11 is 0. The van der Waals surface area contributed by atoms with E-state index in [-0.39, 0.29) is 11.4 Å². The smallest absolute Gasteiger partial charge is 0.412 e. The molecule has 3 aromatic rings. The molecule has 2 heterocycles. The number of anilines is 1. The molecule has 3 rings (SSSR count). The van der Waals surface area contributed by atoms with Gasteiger partial charge in [0.2, 0.25) is 0 Å². The molecule has 162 valence electrons. The van der Waals surface area contributed by atoms with Crippen molar-refractivity contribution in [2.75, 3.05) is 12.4 Å². The van der Waals surface area contributed by atoms with E-state index in [1.165, 1.54) is 13.2 Å². The molecular formula is C23H25FN4O3. The second-order valence-corrected chi connectivity index (χ2v) is 8.31. The molecule has 0 saturated carbocycles. The molecule has 31 heavy (non-hydrogen) atoms. The summed E-state index contributed by atoms with van der Waals surface area (Å²) in [5, 5.41) is 12.6. The third-order valence-electron chi connectivity index (χ3n) is 4.89. The van der Waals surface area contributed by atoms with Gasteiger partial charge in [0.15, 0.2) is 0 Å². The van der Waals surface area contributed by atoms with Crippen LogP contribution in [0.25, 0.3) is 16.6 Å². The molecule has 0 unspecified atom stereocenters. The highest BCUT2D eigenvalue weighted by atomic mass is 19.1. The minimum absolute atomic E-state index is 0.184. The highest BCUT2D eigenvalue weighted by molar-refractivity contribution is 6.02. The fourth-order valence-electron chi connectivity index (χ4n) is 3.58. The fraction of sp³-hybridized carbons (Fsp3) is 0.348. The highest BCUT2D eigenvalue weighted by Gasteiger charge is 2.27. The summed E-state index contributed by atoms with van der Waals surface area (Å²) in [6, 6.07) is 3.47. The first-order valence-corrected chi connectivity index (χ1v) is 9.73. The van der Waals surface area contributed by atoms with Gasteiger partial charge in [-0.25, -0.2) is 9.18 Å². The number of carbonyl (C=O) groups excluding carboxylic acids is 1. The van der Waals surface area contributed by atoms with Crippen LogP contribution < -0.4 is 10.1 Å². The van der Waals surface area contributed by atoms with E-state index in [0.717, 1.165) is 0 Å². The van der Waals surface area contributed by atoms with Crippen molar-refractivity contribution in [2.24, 2.45) is 0 Å². The molecule has 0 atom stereocenters. The maximum Gasteiger partial charge on any atom is 0.412 e. The number of aryl methyl sites for hydroxylation is 1. The molecule has 1 N–H and O–H groups in total. The Hall–Kier alpha value is -3.60. The number of aromatic nitrogens is 2. The first-order chi connectivity index (χ1) is 14.5. The Labute approximate surface area is 180 Å². The summed E-state index contributed by atoms with van der Waals surface area (Å²) in [6.07, 6.45) is 2.57. The number of hydrogen-bond acceptors (Lipinski definition) is 5. The van der Waals surface area contributed by atoms with Crippen LogP contribution in [0.1, 0.15) is 43.3 Å². The summed E-state index contributed by atoms with van der Waals surface area (Å²) in [7, 11) is 1.46. The Balaban J connectivity index is 2.40. The minimum atomic E-state index is -0.734. The monoisotopic (exact) mass is 424 g/mol. The lowest BCUT2D eigenvalue weighted by atomic mass is 9.94. The van der Waals surface area contributed by atoms with E-state index >= 15 is 0 Å². The van der Waals surface area contributed by atoms with Crippen molar-refractivity contribution in [3.63, 3.8) is 0 Å². The lowest BCUT2D eigenvalue weighted by Gasteiger charge is -2.20. The molecule has 0 radical (unpaired) electrons. The molecule has 0 aliphatic carbocycles. The van der Waals surface area contributed by atoms with Crippen LogP contribution >= 0.6 is 0 Å². The van der Waals surface area contributed by atoms with Crippen LogP contribution in [0.5, 0.6) is 5.75 Å². The van der Waals surface area contributed by atoms with Crippen molar-refractivity contribution in [2.45, 2.75) is 47.1 Å². The number of amides is 1. The van der Waals surface area contributed by atoms with Crippen LogP contribution in [0, 0.1) is 37.9 Å². The number of rotatable bonds is 3. The number of methoxy groups -OCH3 is 1. The molecule has 1 amide bonds. The van der Waals surface area contributed by atoms with Gasteiger partial charge < -0.3 is 13.9 Å². The van der Waals surface area contributed by atoms with Gasteiger partial charge in [-0.15, -0.1) is 0 Å². The van der Waals surface area contributed by atoms with Gasteiger partial charge in [0.1, 0.15) is 28.9 Å². The molecule has 2 aromatic heterocycles. The molecule has 8 heteroatoms. The predicted molar refractivity (Wildman–Crippen MR) is 116 cm³/mol.